The van der Waals surface area contributed by atoms with E-state index in [-0.39, 0.29) is 23.2 Å². The third kappa shape index (κ3) is 5.79. The van der Waals surface area contributed by atoms with E-state index in [1.807, 2.05) is 0 Å². The highest BCUT2D eigenvalue weighted by Crippen LogP contribution is 2.38. The Hall–Kier alpha value is -2.17. The molecule has 4 heteroatoms. The number of allylic oxidation sites excluding steroid dienone is 1. The smallest absolute Gasteiger partial charge is 0.306 e. The van der Waals surface area contributed by atoms with E-state index in [0.717, 1.165) is 25.7 Å². The quantitative estimate of drug-likeness (QED) is 0.318. The van der Waals surface area contributed by atoms with Crippen LogP contribution in [0.2, 0.25) is 5.04 Å². The van der Waals surface area contributed by atoms with E-state index in [0.29, 0.717) is 12.8 Å². The van der Waals surface area contributed by atoms with Crippen molar-refractivity contribution >= 4 is 24.7 Å². The lowest BCUT2D eigenvalue weighted by Gasteiger charge is -2.45. The largest absolute Gasteiger partial charge is 0.462 e. The van der Waals surface area contributed by atoms with Gasteiger partial charge >= 0.3 is 5.97 Å². The summed E-state index contributed by atoms with van der Waals surface area (Å²) in [5.41, 5.74) is 0. The molecular formula is C28H38O3Si. The first-order valence-corrected chi connectivity index (χ1v) is 13.9. The predicted octanol–water partition coefficient (Wildman–Crippen LogP) is 5.77. The summed E-state index contributed by atoms with van der Waals surface area (Å²) >= 11 is 0. The Kier molecular flexibility index (Phi) is 8.49. The molecule has 0 saturated carbocycles. The van der Waals surface area contributed by atoms with Gasteiger partial charge < -0.3 is 9.16 Å². The van der Waals surface area contributed by atoms with E-state index in [9.17, 15) is 4.79 Å². The second kappa shape index (κ2) is 11.1. The van der Waals surface area contributed by atoms with Gasteiger partial charge in [-0.1, -0.05) is 107 Å². The number of ether oxygens (including phenoxy) is 1. The van der Waals surface area contributed by atoms with Crippen LogP contribution in [0.3, 0.4) is 0 Å². The third-order valence-electron chi connectivity index (χ3n) is 6.25. The molecule has 0 aliphatic carbocycles. The van der Waals surface area contributed by atoms with E-state index in [1.54, 1.807) is 0 Å². The number of carbonyl (C=O) groups excluding carboxylic acids is 1. The number of hydrogen-bond acceptors (Lipinski definition) is 3. The van der Waals surface area contributed by atoms with Gasteiger partial charge in [0, 0.05) is 12.8 Å². The SMILES string of the molecule is CCC[C@@H]1C[C@@H](O[Si](c2ccccc2)(c2ccccc2)C(C)(C)C)/C=C/CCCC(=O)O1. The van der Waals surface area contributed by atoms with Crippen LogP contribution in [0, 0.1) is 0 Å². The van der Waals surface area contributed by atoms with E-state index in [2.05, 4.69) is 101 Å². The van der Waals surface area contributed by atoms with Crippen molar-refractivity contribution in [1.29, 1.82) is 0 Å². The summed E-state index contributed by atoms with van der Waals surface area (Å²) in [6.45, 7) is 9.03. The van der Waals surface area contributed by atoms with E-state index < -0.39 is 8.32 Å². The number of cyclic esters (lactones) is 1. The first-order chi connectivity index (χ1) is 15.4. The molecule has 0 amide bonds. The molecule has 3 rings (SSSR count). The topological polar surface area (TPSA) is 35.5 Å². The fourth-order valence-corrected chi connectivity index (χ4v) is 9.39. The van der Waals surface area contributed by atoms with Crippen molar-refractivity contribution in [2.24, 2.45) is 0 Å². The van der Waals surface area contributed by atoms with Gasteiger partial charge in [-0.15, -0.1) is 0 Å². The maximum Gasteiger partial charge on any atom is 0.306 e. The highest BCUT2D eigenvalue weighted by Gasteiger charge is 2.51. The van der Waals surface area contributed by atoms with Gasteiger partial charge in [0.2, 0.25) is 0 Å². The zero-order chi connectivity index (χ0) is 23.0. The predicted molar refractivity (Wildman–Crippen MR) is 135 cm³/mol. The van der Waals surface area contributed by atoms with E-state index in [1.165, 1.54) is 10.4 Å². The Balaban J connectivity index is 2.08. The van der Waals surface area contributed by atoms with Crippen LogP contribution < -0.4 is 10.4 Å². The minimum atomic E-state index is -2.67. The van der Waals surface area contributed by atoms with E-state index >= 15 is 0 Å². The molecule has 2 atom stereocenters. The molecule has 0 fully saturated rings. The van der Waals surface area contributed by atoms with Crippen LogP contribution in [0.5, 0.6) is 0 Å². The minimum absolute atomic E-state index is 0.0806. The molecule has 2 aromatic rings. The summed E-state index contributed by atoms with van der Waals surface area (Å²) in [5, 5.41) is 2.46. The van der Waals surface area contributed by atoms with Crippen LogP contribution in [-0.4, -0.2) is 26.5 Å². The highest BCUT2D eigenvalue weighted by atomic mass is 28.4. The standard InChI is InChI=1S/C28H38O3Si/c1-5-15-23-22-24(16-9-6-14-21-27(29)30-23)31-32(28(2,3)4,25-17-10-7-11-18-25)26-19-12-8-13-20-26/h7-13,16-20,23-24H,5-6,14-15,21-22H2,1-4H3/b16-9+/t23-,24+/m1/s1. The Bertz CT molecular complexity index is 831. The maximum atomic E-state index is 12.3. The number of benzene rings is 2. The van der Waals surface area contributed by atoms with Crippen LogP contribution in [0.15, 0.2) is 72.8 Å². The minimum Gasteiger partial charge on any atom is -0.462 e. The normalized spacial score (nSPS) is 21.6. The molecule has 1 aliphatic rings. The van der Waals surface area contributed by atoms with Gasteiger partial charge in [0.05, 0.1) is 6.10 Å². The molecule has 172 valence electrons. The second-order valence-electron chi connectivity index (χ2n) is 9.78. The Morgan fingerprint density at radius 1 is 1.00 bits per heavy atom. The van der Waals surface area contributed by atoms with Gasteiger partial charge in [-0.3, -0.25) is 4.79 Å². The molecule has 1 heterocycles. The molecular weight excluding hydrogens is 412 g/mol. The first kappa shape index (κ1) is 24.5. The molecule has 2 aromatic carbocycles. The molecule has 3 nitrogen and oxygen atoms in total. The first-order valence-electron chi connectivity index (χ1n) is 12.0. The van der Waals surface area contributed by atoms with Gasteiger partial charge in [0.15, 0.2) is 0 Å². The maximum absolute atomic E-state index is 12.3. The molecule has 32 heavy (non-hydrogen) atoms. The van der Waals surface area contributed by atoms with Crippen LogP contribution in [-0.2, 0) is 14.0 Å². The van der Waals surface area contributed by atoms with Crippen molar-refractivity contribution in [3.05, 3.63) is 72.8 Å². The second-order valence-corrected chi connectivity index (χ2v) is 14.0. The lowest BCUT2D eigenvalue weighted by atomic mass is 10.1. The summed E-state index contributed by atoms with van der Waals surface area (Å²) in [7, 11) is -2.67. The number of rotatable bonds is 6. The molecule has 0 bridgehead atoms. The lowest BCUT2D eigenvalue weighted by Crippen LogP contribution is -2.67. The molecule has 0 radical (unpaired) electrons. The Morgan fingerprint density at radius 3 is 2.12 bits per heavy atom. The van der Waals surface area contributed by atoms with E-state index in [4.69, 9.17) is 9.16 Å². The summed E-state index contributed by atoms with van der Waals surface area (Å²) in [5.74, 6) is -0.0806. The highest BCUT2D eigenvalue weighted by molar-refractivity contribution is 6.99. The number of carbonyl (C=O) groups is 1. The number of hydrogen-bond donors (Lipinski definition) is 0. The van der Waals surface area contributed by atoms with Gasteiger partial charge in [0.1, 0.15) is 6.10 Å². The Morgan fingerprint density at radius 2 is 1.59 bits per heavy atom. The van der Waals surface area contributed by atoms with Crippen molar-refractivity contribution in [2.75, 3.05) is 0 Å². The average molecular weight is 451 g/mol. The van der Waals surface area contributed by atoms with Crippen molar-refractivity contribution in [3.63, 3.8) is 0 Å². The molecule has 0 unspecified atom stereocenters. The van der Waals surface area contributed by atoms with Crippen molar-refractivity contribution in [3.8, 4) is 0 Å². The zero-order valence-corrected chi connectivity index (χ0v) is 21.1. The van der Waals surface area contributed by atoms with Crippen LogP contribution in [0.4, 0.5) is 0 Å². The lowest BCUT2D eigenvalue weighted by molar-refractivity contribution is -0.150. The summed E-state index contributed by atoms with van der Waals surface area (Å²) in [6.07, 6.45) is 8.92. The number of esters is 1. The molecule has 1 aliphatic heterocycles. The van der Waals surface area contributed by atoms with Crippen LogP contribution in [0.1, 0.15) is 66.2 Å². The molecule has 0 saturated heterocycles. The van der Waals surface area contributed by atoms with Crippen molar-refractivity contribution in [1.82, 2.24) is 0 Å². The third-order valence-corrected chi connectivity index (χ3v) is 11.3. The summed E-state index contributed by atoms with van der Waals surface area (Å²) < 4.78 is 13.2. The van der Waals surface area contributed by atoms with Gasteiger partial charge in [0.25, 0.3) is 8.32 Å². The summed E-state index contributed by atoms with van der Waals surface area (Å²) in [6, 6.07) is 21.5. The van der Waals surface area contributed by atoms with Crippen molar-refractivity contribution in [2.45, 2.75) is 83.5 Å². The zero-order valence-electron chi connectivity index (χ0n) is 20.1. The molecule has 0 aromatic heterocycles. The van der Waals surface area contributed by atoms with Gasteiger partial charge in [-0.05, 0) is 34.7 Å². The van der Waals surface area contributed by atoms with Crippen LogP contribution in [0.25, 0.3) is 0 Å². The monoisotopic (exact) mass is 450 g/mol. The Labute approximate surface area is 195 Å². The molecule has 0 N–H and O–H groups in total. The molecule has 0 spiro atoms. The average Bonchev–Trinajstić information content (AvgIpc) is 2.77. The van der Waals surface area contributed by atoms with Gasteiger partial charge in [-0.25, -0.2) is 0 Å². The van der Waals surface area contributed by atoms with Gasteiger partial charge in [-0.2, -0.15) is 0 Å². The van der Waals surface area contributed by atoms with Crippen molar-refractivity contribution < 1.29 is 14.0 Å². The fraction of sp³-hybridized carbons (Fsp3) is 0.464. The fourth-order valence-electron chi connectivity index (χ4n) is 4.75. The van der Waals surface area contributed by atoms with Crippen LogP contribution >= 0.6 is 0 Å². The summed E-state index contributed by atoms with van der Waals surface area (Å²) in [4.78, 5) is 12.3.